The third kappa shape index (κ3) is 4.12. The van der Waals surface area contributed by atoms with E-state index < -0.39 is 4.87 Å². The van der Waals surface area contributed by atoms with Crippen molar-refractivity contribution in [2.24, 2.45) is 15.9 Å². The summed E-state index contributed by atoms with van der Waals surface area (Å²) in [5, 5.41) is 0. The summed E-state index contributed by atoms with van der Waals surface area (Å²) in [6.07, 6.45) is 2.79. The fourth-order valence-corrected chi connectivity index (χ4v) is 3.53. The Kier molecular flexibility index (Phi) is 6.72. The van der Waals surface area contributed by atoms with Crippen molar-refractivity contribution in [1.29, 1.82) is 0 Å². The lowest BCUT2D eigenvalue weighted by atomic mass is 10.00. The van der Waals surface area contributed by atoms with Crippen LogP contribution in [0.5, 0.6) is 0 Å². The van der Waals surface area contributed by atoms with Crippen LogP contribution in [0, 0.1) is 5.92 Å². The van der Waals surface area contributed by atoms with Crippen LogP contribution < -0.4 is 0 Å². The molecule has 0 saturated carbocycles. The summed E-state index contributed by atoms with van der Waals surface area (Å²) < 4.78 is 11.8. The molecule has 132 valence electrons. The fraction of sp³-hybridized carbons (Fsp3) is 0.579. The number of rotatable bonds is 6. The van der Waals surface area contributed by atoms with Crippen molar-refractivity contribution in [2.45, 2.75) is 45.0 Å². The summed E-state index contributed by atoms with van der Waals surface area (Å²) in [5.74, 6) is 1.74. The molecular weight excluding hydrogens is 320 g/mol. The number of aliphatic imine (C=N–C) groups is 2. The molecule has 0 aromatic heterocycles. The van der Waals surface area contributed by atoms with Crippen LogP contribution in [-0.2, 0) is 15.9 Å². The molecule has 1 heterocycles. The number of nitrogens with zero attached hydrogens (tertiary/aromatic N) is 2. The third-order valence-electron chi connectivity index (χ3n) is 3.96. The van der Waals surface area contributed by atoms with Crippen molar-refractivity contribution in [3.8, 4) is 0 Å². The molecule has 0 spiro atoms. The zero-order valence-electron chi connectivity index (χ0n) is 15.3. The third-order valence-corrected chi connectivity index (χ3v) is 5.05. The second kappa shape index (κ2) is 8.56. The van der Waals surface area contributed by atoms with Gasteiger partial charge in [0.05, 0.1) is 13.2 Å². The van der Waals surface area contributed by atoms with Crippen molar-refractivity contribution in [2.75, 3.05) is 19.5 Å². The Morgan fingerprint density at radius 1 is 1.12 bits per heavy atom. The molecule has 0 fully saturated rings. The second-order valence-electron chi connectivity index (χ2n) is 6.09. The van der Waals surface area contributed by atoms with E-state index in [1.165, 1.54) is 5.56 Å². The first-order valence-corrected chi connectivity index (χ1v) is 9.81. The van der Waals surface area contributed by atoms with Crippen molar-refractivity contribution in [3.05, 3.63) is 35.9 Å². The highest BCUT2D eigenvalue weighted by molar-refractivity contribution is 8.00. The summed E-state index contributed by atoms with van der Waals surface area (Å²) in [7, 11) is 0. The minimum absolute atomic E-state index is 0.0810. The van der Waals surface area contributed by atoms with Gasteiger partial charge in [-0.15, -0.1) is 11.8 Å². The van der Waals surface area contributed by atoms with Gasteiger partial charge in [-0.1, -0.05) is 44.2 Å². The van der Waals surface area contributed by atoms with Gasteiger partial charge in [0, 0.05) is 6.42 Å². The van der Waals surface area contributed by atoms with Crippen LogP contribution in [0.2, 0.25) is 0 Å². The van der Waals surface area contributed by atoms with Crippen LogP contribution in [0.15, 0.2) is 40.3 Å². The topological polar surface area (TPSA) is 43.2 Å². The Balaban J connectivity index is 2.45. The Morgan fingerprint density at radius 3 is 2.33 bits per heavy atom. The van der Waals surface area contributed by atoms with E-state index in [9.17, 15) is 0 Å². The van der Waals surface area contributed by atoms with Crippen LogP contribution in [0.25, 0.3) is 0 Å². The molecule has 24 heavy (non-hydrogen) atoms. The van der Waals surface area contributed by atoms with Crippen LogP contribution in [0.4, 0.5) is 0 Å². The van der Waals surface area contributed by atoms with Crippen LogP contribution >= 0.6 is 11.8 Å². The molecule has 0 unspecified atom stereocenters. The average Bonchev–Trinajstić information content (AvgIpc) is 2.58. The fourth-order valence-electron chi connectivity index (χ4n) is 2.75. The molecule has 2 rings (SSSR count). The molecule has 0 bridgehead atoms. The lowest BCUT2D eigenvalue weighted by molar-refractivity contribution is 0.272. The number of hydrogen-bond donors (Lipinski definition) is 0. The van der Waals surface area contributed by atoms with E-state index >= 15 is 0 Å². The van der Waals surface area contributed by atoms with Crippen molar-refractivity contribution >= 4 is 23.6 Å². The highest BCUT2D eigenvalue weighted by atomic mass is 32.2. The molecule has 1 aliphatic rings. The zero-order chi connectivity index (χ0) is 17.6. The monoisotopic (exact) mass is 348 g/mol. The maximum atomic E-state index is 5.94. The second-order valence-corrected chi connectivity index (χ2v) is 7.17. The molecule has 1 aliphatic heterocycles. The molecule has 2 atom stereocenters. The minimum Gasteiger partial charge on any atom is -0.480 e. The van der Waals surface area contributed by atoms with Crippen molar-refractivity contribution in [3.63, 3.8) is 0 Å². The van der Waals surface area contributed by atoms with Gasteiger partial charge in [-0.2, -0.15) is 0 Å². The van der Waals surface area contributed by atoms with Gasteiger partial charge in [-0.3, -0.25) is 0 Å². The predicted molar refractivity (Wildman–Crippen MR) is 103 cm³/mol. The van der Waals surface area contributed by atoms with Gasteiger partial charge in [-0.05, 0) is 31.6 Å². The molecular formula is C19H28N2O2S. The average molecular weight is 349 g/mol. The van der Waals surface area contributed by atoms with E-state index in [1.54, 1.807) is 11.8 Å². The Morgan fingerprint density at radius 2 is 1.79 bits per heavy atom. The highest BCUT2D eigenvalue weighted by Crippen LogP contribution is 2.36. The number of thioether (sulfide) groups is 1. The quantitative estimate of drug-likeness (QED) is 0.774. The molecule has 0 radical (unpaired) electrons. The van der Waals surface area contributed by atoms with E-state index in [1.807, 2.05) is 32.0 Å². The normalized spacial score (nSPS) is 23.7. The van der Waals surface area contributed by atoms with Crippen molar-refractivity contribution in [1.82, 2.24) is 0 Å². The Hall–Kier alpha value is -1.49. The van der Waals surface area contributed by atoms with E-state index in [0.29, 0.717) is 25.0 Å². The number of hydrogen-bond acceptors (Lipinski definition) is 5. The summed E-state index contributed by atoms with van der Waals surface area (Å²) in [6.45, 7) is 9.42. The lowest BCUT2D eigenvalue weighted by Crippen LogP contribution is -2.46. The minimum atomic E-state index is -0.562. The molecule has 4 nitrogen and oxygen atoms in total. The smallest absolute Gasteiger partial charge is 0.224 e. The van der Waals surface area contributed by atoms with E-state index in [0.717, 1.165) is 12.3 Å². The molecule has 0 saturated heterocycles. The predicted octanol–water partition coefficient (Wildman–Crippen LogP) is 4.20. The summed E-state index contributed by atoms with van der Waals surface area (Å²) in [5.41, 5.74) is 1.21. The first-order valence-electron chi connectivity index (χ1n) is 8.59. The first-order chi connectivity index (χ1) is 11.6. The SMILES string of the molecule is CCOC1=N[C@](Cc2ccccc2)(SC)C(OCC)=N[C@H]1C(C)C. The standard InChI is InChI=1S/C19H28N2O2S/c1-6-22-17-16(14(3)4)20-18(23-7-2)19(21-17,24-5)13-15-11-9-8-10-12-15/h8-12,14,16H,6-7,13H2,1-5H3/t16-,19+/m0/s1. The van der Waals surface area contributed by atoms with E-state index in [-0.39, 0.29) is 6.04 Å². The maximum absolute atomic E-state index is 5.94. The first kappa shape index (κ1) is 18.8. The van der Waals surface area contributed by atoms with Gasteiger partial charge in [0.2, 0.25) is 11.8 Å². The number of benzene rings is 1. The number of ether oxygens (including phenoxy) is 2. The van der Waals surface area contributed by atoms with Gasteiger partial charge in [0.15, 0.2) is 4.87 Å². The Labute approximate surface area is 149 Å². The Bertz CT molecular complexity index is 586. The van der Waals surface area contributed by atoms with Gasteiger partial charge in [0.1, 0.15) is 6.04 Å². The summed E-state index contributed by atoms with van der Waals surface area (Å²) in [6, 6.07) is 10.3. The highest BCUT2D eigenvalue weighted by Gasteiger charge is 2.43. The van der Waals surface area contributed by atoms with Gasteiger partial charge in [-0.25, -0.2) is 9.98 Å². The molecule has 0 N–H and O–H groups in total. The zero-order valence-corrected chi connectivity index (χ0v) is 16.1. The van der Waals surface area contributed by atoms with Crippen LogP contribution in [0.3, 0.4) is 0 Å². The maximum Gasteiger partial charge on any atom is 0.224 e. The van der Waals surface area contributed by atoms with Gasteiger partial charge < -0.3 is 9.47 Å². The van der Waals surface area contributed by atoms with Gasteiger partial charge >= 0.3 is 0 Å². The van der Waals surface area contributed by atoms with Crippen molar-refractivity contribution < 1.29 is 9.47 Å². The largest absolute Gasteiger partial charge is 0.480 e. The molecule has 0 aliphatic carbocycles. The van der Waals surface area contributed by atoms with E-state index in [2.05, 4.69) is 32.2 Å². The molecule has 1 aromatic carbocycles. The molecule has 5 heteroatoms. The molecule has 0 amide bonds. The van der Waals surface area contributed by atoms with Gasteiger partial charge in [0.25, 0.3) is 0 Å². The van der Waals surface area contributed by atoms with Crippen LogP contribution in [-0.4, -0.2) is 42.2 Å². The summed E-state index contributed by atoms with van der Waals surface area (Å²) in [4.78, 5) is 9.37. The lowest BCUT2D eigenvalue weighted by Gasteiger charge is -2.35. The van der Waals surface area contributed by atoms with E-state index in [4.69, 9.17) is 19.5 Å². The summed E-state index contributed by atoms with van der Waals surface area (Å²) >= 11 is 1.66. The molecule has 1 aromatic rings. The van der Waals surface area contributed by atoms with Crippen LogP contribution in [0.1, 0.15) is 33.3 Å².